The molecule has 2 aliphatic rings. The number of nitrogens with zero attached hydrogens (tertiary/aromatic N) is 3. The monoisotopic (exact) mass is 436 g/mol. The molecule has 1 aromatic heterocycles. The lowest BCUT2D eigenvalue weighted by atomic mass is 9.95. The summed E-state index contributed by atoms with van der Waals surface area (Å²) in [7, 11) is 1.61. The molecule has 1 saturated heterocycles. The molecule has 2 atom stereocenters. The van der Waals surface area contributed by atoms with Crippen LogP contribution in [0.5, 0.6) is 0 Å². The Hall–Kier alpha value is -3.26. The SMILES string of the molecule is COC[C@H](C)NC(=O)[C@H]1CCCN(c2cccc3c2C(=O)N(Cc2cccnc2)C3=O)C1. The highest BCUT2D eigenvalue weighted by Crippen LogP contribution is 2.34. The minimum atomic E-state index is -0.301. The Kier molecular flexibility index (Phi) is 6.50. The lowest BCUT2D eigenvalue weighted by Gasteiger charge is -2.35. The molecular weight excluding hydrogens is 408 g/mol. The molecule has 3 heterocycles. The van der Waals surface area contributed by atoms with E-state index >= 15 is 0 Å². The first-order valence-corrected chi connectivity index (χ1v) is 10.9. The van der Waals surface area contributed by atoms with Crippen molar-refractivity contribution in [3.63, 3.8) is 0 Å². The van der Waals surface area contributed by atoms with Crippen LogP contribution in [0, 0.1) is 5.92 Å². The van der Waals surface area contributed by atoms with Crippen LogP contribution in [0.1, 0.15) is 46.0 Å². The van der Waals surface area contributed by atoms with Gasteiger partial charge in [0.1, 0.15) is 0 Å². The van der Waals surface area contributed by atoms with Crippen LogP contribution >= 0.6 is 0 Å². The van der Waals surface area contributed by atoms with Gasteiger partial charge in [-0.2, -0.15) is 0 Å². The molecule has 0 radical (unpaired) electrons. The van der Waals surface area contributed by atoms with Crippen LogP contribution in [-0.4, -0.2) is 60.5 Å². The van der Waals surface area contributed by atoms with Gasteiger partial charge in [-0.15, -0.1) is 0 Å². The van der Waals surface area contributed by atoms with Gasteiger partial charge in [0.25, 0.3) is 11.8 Å². The number of hydrogen-bond donors (Lipinski definition) is 1. The number of nitrogens with one attached hydrogen (secondary N) is 1. The minimum Gasteiger partial charge on any atom is -0.383 e. The summed E-state index contributed by atoms with van der Waals surface area (Å²) in [6, 6.07) is 8.93. The highest BCUT2D eigenvalue weighted by atomic mass is 16.5. The van der Waals surface area contributed by atoms with Crippen LogP contribution in [0.3, 0.4) is 0 Å². The molecule has 8 nitrogen and oxygen atoms in total. The molecule has 168 valence electrons. The molecule has 0 bridgehead atoms. The molecule has 0 unspecified atom stereocenters. The second kappa shape index (κ2) is 9.48. The van der Waals surface area contributed by atoms with Crippen LogP contribution in [0.4, 0.5) is 5.69 Å². The number of ether oxygens (including phenoxy) is 1. The zero-order valence-corrected chi connectivity index (χ0v) is 18.4. The molecule has 1 aromatic carbocycles. The van der Waals surface area contributed by atoms with Crippen molar-refractivity contribution in [3.05, 3.63) is 59.4 Å². The third kappa shape index (κ3) is 4.36. The van der Waals surface area contributed by atoms with Gasteiger partial charge in [0.15, 0.2) is 0 Å². The fraction of sp³-hybridized carbons (Fsp3) is 0.417. The van der Waals surface area contributed by atoms with E-state index in [2.05, 4.69) is 15.2 Å². The highest BCUT2D eigenvalue weighted by Gasteiger charge is 2.39. The van der Waals surface area contributed by atoms with Crippen molar-refractivity contribution in [3.8, 4) is 0 Å². The summed E-state index contributed by atoms with van der Waals surface area (Å²) in [4.78, 5) is 46.4. The number of imide groups is 1. The van der Waals surface area contributed by atoms with Gasteiger partial charge in [0.2, 0.25) is 5.91 Å². The number of amides is 3. The smallest absolute Gasteiger partial charge is 0.263 e. The molecule has 1 N–H and O–H groups in total. The predicted octanol–water partition coefficient (Wildman–Crippen LogP) is 2.25. The summed E-state index contributed by atoms with van der Waals surface area (Å²) in [6.45, 7) is 3.79. The first-order chi connectivity index (χ1) is 15.5. The number of piperidine rings is 1. The Bertz CT molecular complexity index is 1010. The van der Waals surface area contributed by atoms with Crippen molar-refractivity contribution in [1.29, 1.82) is 0 Å². The third-order valence-corrected chi connectivity index (χ3v) is 5.98. The van der Waals surface area contributed by atoms with Crippen molar-refractivity contribution in [1.82, 2.24) is 15.2 Å². The van der Waals surface area contributed by atoms with Crippen molar-refractivity contribution < 1.29 is 19.1 Å². The summed E-state index contributed by atoms with van der Waals surface area (Å²) in [6.07, 6.45) is 4.94. The third-order valence-electron chi connectivity index (χ3n) is 5.98. The Morgan fingerprint density at radius 1 is 1.25 bits per heavy atom. The van der Waals surface area contributed by atoms with Gasteiger partial charge in [-0.3, -0.25) is 24.3 Å². The zero-order chi connectivity index (χ0) is 22.7. The molecule has 1 fully saturated rings. The average Bonchev–Trinajstić information content (AvgIpc) is 3.05. The van der Waals surface area contributed by atoms with E-state index in [4.69, 9.17) is 4.74 Å². The molecule has 4 rings (SSSR count). The number of rotatable bonds is 7. The summed E-state index contributed by atoms with van der Waals surface area (Å²) in [5.74, 6) is -0.787. The molecule has 3 amide bonds. The molecule has 0 spiro atoms. The number of carbonyl (C=O) groups excluding carboxylic acids is 3. The molecule has 0 aliphatic carbocycles. The number of hydrogen-bond acceptors (Lipinski definition) is 6. The molecular formula is C24H28N4O4. The van der Waals surface area contributed by atoms with E-state index in [1.807, 2.05) is 19.1 Å². The second-order valence-corrected chi connectivity index (χ2v) is 8.41. The van der Waals surface area contributed by atoms with Gasteiger partial charge in [-0.25, -0.2) is 0 Å². The van der Waals surface area contributed by atoms with Crippen LogP contribution in [0.2, 0.25) is 0 Å². The molecule has 2 aliphatic heterocycles. The van der Waals surface area contributed by atoms with E-state index in [0.29, 0.717) is 24.3 Å². The summed E-state index contributed by atoms with van der Waals surface area (Å²) in [5, 5.41) is 3.00. The lowest BCUT2D eigenvalue weighted by Crippen LogP contribution is -2.46. The van der Waals surface area contributed by atoms with E-state index in [1.54, 1.807) is 37.7 Å². The topological polar surface area (TPSA) is 91.8 Å². The zero-order valence-electron chi connectivity index (χ0n) is 18.4. The summed E-state index contributed by atoms with van der Waals surface area (Å²) >= 11 is 0. The lowest BCUT2D eigenvalue weighted by molar-refractivity contribution is -0.126. The summed E-state index contributed by atoms with van der Waals surface area (Å²) < 4.78 is 5.10. The first kappa shape index (κ1) is 22.0. The van der Waals surface area contributed by atoms with Gasteiger partial charge >= 0.3 is 0 Å². The van der Waals surface area contributed by atoms with Crippen LogP contribution in [0.15, 0.2) is 42.7 Å². The van der Waals surface area contributed by atoms with E-state index in [-0.39, 0.29) is 36.2 Å². The molecule has 8 heteroatoms. The Labute approximate surface area is 187 Å². The number of carbonyl (C=O) groups is 3. The van der Waals surface area contributed by atoms with Crippen molar-refractivity contribution in [2.45, 2.75) is 32.4 Å². The number of methoxy groups -OCH3 is 1. The number of fused-ring (bicyclic) bond motifs is 1. The second-order valence-electron chi connectivity index (χ2n) is 8.41. The maximum Gasteiger partial charge on any atom is 0.263 e. The van der Waals surface area contributed by atoms with Crippen LogP contribution in [-0.2, 0) is 16.1 Å². The van der Waals surface area contributed by atoms with E-state index in [0.717, 1.165) is 30.6 Å². The van der Waals surface area contributed by atoms with Gasteiger partial charge in [-0.05, 0) is 43.5 Å². The molecule has 32 heavy (non-hydrogen) atoms. The largest absolute Gasteiger partial charge is 0.383 e. The number of benzene rings is 1. The van der Waals surface area contributed by atoms with Crippen molar-refractivity contribution >= 4 is 23.4 Å². The fourth-order valence-corrected chi connectivity index (χ4v) is 4.46. The number of pyridine rings is 1. The first-order valence-electron chi connectivity index (χ1n) is 10.9. The average molecular weight is 437 g/mol. The molecule has 0 saturated carbocycles. The fourth-order valence-electron chi connectivity index (χ4n) is 4.46. The Morgan fingerprint density at radius 3 is 2.84 bits per heavy atom. The Morgan fingerprint density at radius 2 is 2.09 bits per heavy atom. The van der Waals surface area contributed by atoms with Crippen LogP contribution < -0.4 is 10.2 Å². The Balaban J connectivity index is 1.54. The quantitative estimate of drug-likeness (QED) is 0.670. The van der Waals surface area contributed by atoms with E-state index in [9.17, 15) is 14.4 Å². The summed E-state index contributed by atoms with van der Waals surface area (Å²) in [5.41, 5.74) is 2.35. The van der Waals surface area contributed by atoms with Gasteiger partial charge < -0.3 is 15.0 Å². The van der Waals surface area contributed by atoms with Gasteiger partial charge in [-0.1, -0.05) is 12.1 Å². The van der Waals surface area contributed by atoms with Gasteiger partial charge in [0, 0.05) is 38.6 Å². The normalized spacial score (nSPS) is 19.1. The van der Waals surface area contributed by atoms with E-state index in [1.165, 1.54) is 4.90 Å². The maximum atomic E-state index is 13.3. The predicted molar refractivity (Wildman–Crippen MR) is 119 cm³/mol. The van der Waals surface area contributed by atoms with Crippen molar-refractivity contribution in [2.75, 3.05) is 31.7 Å². The maximum absolute atomic E-state index is 13.3. The van der Waals surface area contributed by atoms with E-state index < -0.39 is 0 Å². The number of aromatic nitrogens is 1. The minimum absolute atomic E-state index is 0.00701. The highest BCUT2D eigenvalue weighted by molar-refractivity contribution is 6.23. The van der Waals surface area contributed by atoms with Crippen LogP contribution in [0.25, 0.3) is 0 Å². The van der Waals surface area contributed by atoms with Crippen molar-refractivity contribution in [2.24, 2.45) is 5.92 Å². The number of anilines is 1. The van der Waals surface area contributed by atoms with Gasteiger partial charge in [0.05, 0.1) is 35.9 Å². The molecule has 2 aromatic rings. The standard InChI is InChI=1S/C24H28N4O4/c1-16(15-32-2)26-22(29)18-7-5-11-27(14-18)20-9-3-8-19-21(20)24(31)28(23(19)30)13-17-6-4-10-25-12-17/h3-4,6,8-10,12,16,18H,5,7,11,13-15H2,1-2H3,(H,26,29)/t16-,18-/m0/s1.